The first-order valence-electron chi connectivity index (χ1n) is 4.51. The fraction of sp³-hybridized carbons (Fsp3) is 0.364. The van der Waals surface area contributed by atoms with Crippen LogP contribution in [0.15, 0.2) is 27.6 Å². The summed E-state index contributed by atoms with van der Waals surface area (Å²) in [6, 6.07) is 5.29. The van der Waals surface area contributed by atoms with Crippen LogP contribution in [-0.4, -0.2) is 11.6 Å². The van der Waals surface area contributed by atoms with Gasteiger partial charge in [-0.2, -0.15) is 0 Å². The van der Waals surface area contributed by atoms with E-state index in [1.165, 1.54) is 0 Å². The maximum Gasteiger partial charge on any atom is 0.339 e. The molecule has 0 saturated carbocycles. The number of halogens is 1. The van der Waals surface area contributed by atoms with Crippen molar-refractivity contribution in [2.24, 2.45) is 0 Å². The van der Waals surface area contributed by atoms with Gasteiger partial charge in [-0.05, 0) is 39.0 Å². The summed E-state index contributed by atoms with van der Waals surface area (Å²) in [7, 11) is 0. The molecular weight excluding hydrogens is 276 g/mol. The summed E-state index contributed by atoms with van der Waals surface area (Å²) >= 11 is 7.51. The van der Waals surface area contributed by atoms with Crippen LogP contribution in [-0.2, 0) is 4.74 Å². The number of benzene rings is 1. The lowest BCUT2D eigenvalue weighted by Crippen LogP contribution is -2.24. The number of hydrogen-bond donors (Lipinski definition) is 1. The van der Waals surface area contributed by atoms with E-state index < -0.39 is 5.60 Å². The number of ether oxygens (including phenoxy) is 1. The molecule has 1 aromatic rings. The van der Waals surface area contributed by atoms with Crippen LogP contribution >= 0.6 is 28.6 Å². The molecule has 0 saturated heterocycles. The van der Waals surface area contributed by atoms with Gasteiger partial charge >= 0.3 is 5.97 Å². The van der Waals surface area contributed by atoms with Crippen LogP contribution < -0.4 is 0 Å². The summed E-state index contributed by atoms with van der Waals surface area (Å²) in [6.07, 6.45) is 0. The van der Waals surface area contributed by atoms with Gasteiger partial charge in [-0.1, -0.05) is 15.9 Å². The van der Waals surface area contributed by atoms with Gasteiger partial charge in [0, 0.05) is 9.37 Å². The van der Waals surface area contributed by atoms with Crippen LogP contribution in [0, 0.1) is 0 Å². The second kappa shape index (κ2) is 4.58. The Kier molecular flexibility index (Phi) is 3.84. The van der Waals surface area contributed by atoms with E-state index in [4.69, 9.17) is 4.74 Å². The highest BCUT2D eigenvalue weighted by Gasteiger charge is 2.19. The number of carbonyl (C=O) groups excluding carboxylic acids is 1. The zero-order chi connectivity index (χ0) is 11.6. The summed E-state index contributed by atoms with van der Waals surface area (Å²) in [5.41, 5.74) is -0.0118. The molecule has 0 aliphatic carbocycles. The SMILES string of the molecule is CC(C)(C)OC(=O)c1cc(Br)ccc1S. The number of esters is 1. The van der Waals surface area contributed by atoms with E-state index in [0.717, 1.165) is 4.47 Å². The third-order valence-corrected chi connectivity index (χ3v) is 2.46. The highest BCUT2D eigenvalue weighted by Crippen LogP contribution is 2.22. The normalized spacial score (nSPS) is 11.3. The van der Waals surface area contributed by atoms with Crippen LogP contribution in [0.25, 0.3) is 0 Å². The van der Waals surface area contributed by atoms with Crippen molar-refractivity contribution in [3.05, 3.63) is 28.2 Å². The minimum atomic E-state index is -0.486. The van der Waals surface area contributed by atoms with Crippen molar-refractivity contribution in [2.45, 2.75) is 31.3 Å². The number of rotatable bonds is 1. The quantitative estimate of drug-likeness (QED) is 0.630. The van der Waals surface area contributed by atoms with Gasteiger partial charge in [-0.25, -0.2) is 4.79 Å². The molecule has 0 radical (unpaired) electrons. The molecule has 0 aliphatic rings. The van der Waals surface area contributed by atoms with E-state index in [1.54, 1.807) is 12.1 Å². The standard InChI is InChI=1S/C11H13BrO2S/c1-11(2,3)14-10(13)8-6-7(12)4-5-9(8)15/h4-6,15H,1-3H3. The lowest BCUT2D eigenvalue weighted by Gasteiger charge is -2.20. The molecule has 82 valence electrons. The molecule has 0 amide bonds. The molecule has 0 aliphatic heterocycles. The molecular formula is C11H13BrO2S. The Morgan fingerprint density at radius 1 is 1.40 bits per heavy atom. The highest BCUT2D eigenvalue weighted by molar-refractivity contribution is 9.10. The third kappa shape index (κ3) is 3.87. The monoisotopic (exact) mass is 288 g/mol. The first kappa shape index (κ1) is 12.6. The lowest BCUT2D eigenvalue weighted by atomic mass is 10.1. The molecule has 4 heteroatoms. The van der Waals surface area contributed by atoms with Gasteiger partial charge in [-0.15, -0.1) is 12.6 Å². The predicted molar refractivity (Wildman–Crippen MR) is 66.6 cm³/mol. The molecule has 1 aromatic carbocycles. The Balaban J connectivity index is 2.96. The van der Waals surface area contributed by atoms with Crippen molar-refractivity contribution >= 4 is 34.5 Å². The molecule has 0 atom stereocenters. The van der Waals surface area contributed by atoms with Crippen LogP contribution in [0.1, 0.15) is 31.1 Å². The van der Waals surface area contributed by atoms with Crippen LogP contribution in [0.2, 0.25) is 0 Å². The van der Waals surface area contributed by atoms with E-state index in [-0.39, 0.29) is 5.97 Å². The number of hydrogen-bond acceptors (Lipinski definition) is 3. The van der Waals surface area contributed by atoms with Gasteiger partial charge in [0.2, 0.25) is 0 Å². The van der Waals surface area contributed by atoms with Gasteiger partial charge in [-0.3, -0.25) is 0 Å². The van der Waals surface area contributed by atoms with Gasteiger partial charge in [0.1, 0.15) is 5.60 Å². The number of carbonyl (C=O) groups is 1. The van der Waals surface area contributed by atoms with Crippen molar-refractivity contribution in [1.29, 1.82) is 0 Å². The van der Waals surface area contributed by atoms with E-state index in [2.05, 4.69) is 28.6 Å². The van der Waals surface area contributed by atoms with Gasteiger partial charge in [0.05, 0.1) is 5.56 Å². The van der Waals surface area contributed by atoms with Gasteiger partial charge < -0.3 is 4.74 Å². The molecule has 0 aromatic heterocycles. The molecule has 0 spiro atoms. The van der Waals surface area contributed by atoms with Crippen LogP contribution in [0.3, 0.4) is 0 Å². The first-order valence-corrected chi connectivity index (χ1v) is 5.75. The van der Waals surface area contributed by atoms with Crippen molar-refractivity contribution in [3.63, 3.8) is 0 Å². The number of thiol groups is 1. The minimum absolute atomic E-state index is 0.353. The first-order chi connectivity index (χ1) is 6.79. The molecule has 2 nitrogen and oxygen atoms in total. The topological polar surface area (TPSA) is 26.3 Å². The molecule has 0 bridgehead atoms. The average Bonchev–Trinajstić information content (AvgIpc) is 2.06. The third-order valence-electron chi connectivity index (χ3n) is 1.58. The summed E-state index contributed by atoms with van der Waals surface area (Å²) < 4.78 is 6.09. The molecule has 0 heterocycles. The zero-order valence-corrected chi connectivity index (χ0v) is 11.4. The summed E-state index contributed by atoms with van der Waals surface area (Å²) in [6.45, 7) is 5.50. The Hall–Kier alpha value is -0.480. The van der Waals surface area contributed by atoms with Crippen LogP contribution in [0.4, 0.5) is 0 Å². The van der Waals surface area contributed by atoms with E-state index in [9.17, 15) is 4.79 Å². The smallest absolute Gasteiger partial charge is 0.339 e. The largest absolute Gasteiger partial charge is 0.456 e. The van der Waals surface area contributed by atoms with E-state index in [1.807, 2.05) is 26.8 Å². The molecule has 0 unspecified atom stereocenters. The fourth-order valence-electron chi connectivity index (χ4n) is 1.00. The van der Waals surface area contributed by atoms with Crippen molar-refractivity contribution in [3.8, 4) is 0 Å². The van der Waals surface area contributed by atoms with Gasteiger partial charge in [0.25, 0.3) is 0 Å². The lowest BCUT2D eigenvalue weighted by molar-refractivity contribution is 0.00656. The van der Waals surface area contributed by atoms with Crippen molar-refractivity contribution < 1.29 is 9.53 Å². The van der Waals surface area contributed by atoms with Gasteiger partial charge in [0.15, 0.2) is 0 Å². The maximum absolute atomic E-state index is 11.7. The minimum Gasteiger partial charge on any atom is -0.456 e. The molecule has 1 rings (SSSR count). The fourth-order valence-corrected chi connectivity index (χ4v) is 1.60. The second-order valence-electron chi connectivity index (χ2n) is 4.16. The Morgan fingerprint density at radius 3 is 2.53 bits per heavy atom. The zero-order valence-electron chi connectivity index (χ0n) is 8.87. The molecule has 0 fully saturated rings. The maximum atomic E-state index is 11.7. The summed E-state index contributed by atoms with van der Waals surface area (Å²) in [5.74, 6) is -0.353. The Morgan fingerprint density at radius 2 is 2.00 bits per heavy atom. The van der Waals surface area contributed by atoms with E-state index in [0.29, 0.717) is 10.5 Å². The molecule has 0 N–H and O–H groups in total. The Bertz CT molecular complexity index is 383. The highest BCUT2D eigenvalue weighted by atomic mass is 79.9. The average molecular weight is 289 g/mol. The summed E-state index contributed by atoms with van der Waals surface area (Å²) in [5, 5.41) is 0. The van der Waals surface area contributed by atoms with E-state index >= 15 is 0 Å². The molecule has 15 heavy (non-hydrogen) atoms. The predicted octanol–water partition coefficient (Wildman–Crippen LogP) is 3.69. The summed E-state index contributed by atoms with van der Waals surface area (Å²) in [4.78, 5) is 12.4. The van der Waals surface area contributed by atoms with Crippen LogP contribution in [0.5, 0.6) is 0 Å². The van der Waals surface area contributed by atoms with Crippen molar-refractivity contribution in [2.75, 3.05) is 0 Å². The second-order valence-corrected chi connectivity index (χ2v) is 5.56. The Labute approximate surface area is 104 Å². The van der Waals surface area contributed by atoms with Crippen molar-refractivity contribution in [1.82, 2.24) is 0 Å².